The Balaban J connectivity index is 2.23. The van der Waals surface area contributed by atoms with Gasteiger partial charge in [-0.25, -0.2) is 9.18 Å². The van der Waals surface area contributed by atoms with Crippen LogP contribution < -0.4 is 5.32 Å². The first-order valence-electron chi connectivity index (χ1n) is 6.29. The van der Waals surface area contributed by atoms with Gasteiger partial charge in [0.1, 0.15) is 6.67 Å². The van der Waals surface area contributed by atoms with Gasteiger partial charge in [-0.15, -0.1) is 0 Å². The third kappa shape index (κ3) is 3.61. The highest BCUT2D eigenvalue weighted by molar-refractivity contribution is 6.04. The number of carbonyl (C=O) groups excluding carboxylic acids is 2. The smallest absolute Gasteiger partial charge is 0.255 e. The lowest BCUT2D eigenvalue weighted by atomic mass is 10.1. The van der Waals surface area contributed by atoms with Gasteiger partial charge in [-0.2, -0.15) is 4.99 Å². The lowest BCUT2D eigenvalue weighted by molar-refractivity contribution is 0.102. The maximum absolute atomic E-state index is 12.6. The van der Waals surface area contributed by atoms with E-state index in [1.165, 1.54) is 12.1 Å². The molecule has 0 aliphatic heterocycles. The van der Waals surface area contributed by atoms with Crippen LogP contribution in [0.1, 0.15) is 21.5 Å². The summed E-state index contributed by atoms with van der Waals surface area (Å²) in [6.07, 6.45) is 1.47. The Morgan fingerprint density at radius 3 is 2.81 bits per heavy atom. The van der Waals surface area contributed by atoms with E-state index in [0.29, 0.717) is 22.5 Å². The number of carbonyl (C=O) groups is 1. The number of halogens is 1. The van der Waals surface area contributed by atoms with Crippen LogP contribution in [-0.4, -0.2) is 12.0 Å². The number of nitrogens with zero attached hydrogens (tertiary/aromatic N) is 1. The number of anilines is 1. The summed E-state index contributed by atoms with van der Waals surface area (Å²) in [6.45, 7) is 1.18. The quantitative estimate of drug-likeness (QED) is 0.687. The van der Waals surface area contributed by atoms with E-state index < -0.39 is 6.67 Å². The number of isocyanates is 1. The van der Waals surface area contributed by atoms with Crippen LogP contribution in [0.4, 0.5) is 15.8 Å². The van der Waals surface area contributed by atoms with Crippen LogP contribution in [0.5, 0.6) is 0 Å². The molecular weight excluding hydrogens is 271 g/mol. The first kappa shape index (κ1) is 14.6. The van der Waals surface area contributed by atoms with E-state index in [2.05, 4.69) is 10.3 Å². The molecular formula is C16H13FN2O2. The maximum Gasteiger partial charge on any atom is 0.255 e. The molecule has 2 aromatic carbocycles. The molecule has 0 unspecified atom stereocenters. The van der Waals surface area contributed by atoms with E-state index in [1.807, 2.05) is 0 Å². The molecule has 0 bridgehead atoms. The molecule has 1 amide bonds. The van der Waals surface area contributed by atoms with Crippen molar-refractivity contribution in [1.29, 1.82) is 0 Å². The molecule has 2 rings (SSSR count). The fourth-order valence-electron chi connectivity index (χ4n) is 1.86. The van der Waals surface area contributed by atoms with Gasteiger partial charge in [0, 0.05) is 11.3 Å². The van der Waals surface area contributed by atoms with Crippen LogP contribution in [0.2, 0.25) is 0 Å². The number of hydrogen-bond acceptors (Lipinski definition) is 3. The molecule has 0 fully saturated rings. The van der Waals surface area contributed by atoms with Gasteiger partial charge in [0.15, 0.2) is 0 Å². The molecule has 0 atom stereocenters. The Hall–Kier alpha value is -2.78. The Labute approximate surface area is 121 Å². The number of rotatable bonds is 4. The minimum absolute atomic E-state index is 0.352. The molecule has 0 aromatic heterocycles. The van der Waals surface area contributed by atoms with Gasteiger partial charge in [-0.05, 0) is 42.3 Å². The van der Waals surface area contributed by atoms with Crippen molar-refractivity contribution >= 4 is 23.4 Å². The average molecular weight is 284 g/mol. The van der Waals surface area contributed by atoms with Crippen molar-refractivity contribution in [2.75, 3.05) is 5.32 Å². The van der Waals surface area contributed by atoms with Gasteiger partial charge in [0.25, 0.3) is 5.91 Å². The van der Waals surface area contributed by atoms with Crippen molar-refractivity contribution < 1.29 is 14.0 Å². The minimum atomic E-state index is -0.621. The second-order valence-corrected chi connectivity index (χ2v) is 4.49. The predicted octanol–water partition coefficient (Wildman–Crippen LogP) is 3.68. The SMILES string of the molecule is Cc1ccc(NC(=O)c2cccc(CF)c2)cc1N=C=O. The summed E-state index contributed by atoms with van der Waals surface area (Å²) in [6, 6.07) is 11.4. The first-order chi connectivity index (χ1) is 10.1. The molecule has 0 aliphatic rings. The van der Waals surface area contributed by atoms with Crippen molar-refractivity contribution in [1.82, 2.24) is 0 Å². The summed E-state index contributed by atoms with van der Waals surface area (Å²) in [7, 11) is 0. The van der Waals surface area contributed by atoms with Gasteiger partial charge < -0.3 is 5.32 Å². The largest absolute Gasteiger partial charge is 0.322 e. The van der Waals surface area contributed by atoms with Crippen molar-refractivity contribution in [3.8, 4) is 0 Å². The molecule has 0 saturated carbocycles. The summed E-state index contributed by atoms with van der Waals surface area (Å²) >= 11 is 0. The molecule has 106 valence electrons. The van der Waals surface area contributed by atoms with Gasteiger partial charge in [0.2, 0.25) is 6.08 Å². The molecule has 2 aromatic rings. The molecule has 0 heterocycles. The number of alkyl halides is 1. The van der Waals surface area contributed by atoms with E-state index in [-0.39, 0.29) is 5.91 Å². The van der Waals surface area contributed by atoms with Gasteiger partial charge in [-0.1, -0.05) is 18.2 Å². The van der Waals surface area contributed by atoms with Crippen LogP contribution in [0, 0.1) is 6.92 Å². The Kier molecular flexibility index (Phi) is 4.59. The molecule has 0 spiro atoms. The maximum atomic E-state index is 12.6. The highest BCUT2D eigenvalue weighted by Crippen LogP contribution is 2.23. The monoisotopic (exact) mass is 284 g/mol. The predicted molar refractivity (Wildman–Crippen MR) is 78.2 cm³/mol. The Bertz CT molecular complexity index is 722. The normalized spacial score (nSPS) is 9.81. The minimum Gasteiger partial charge on any atom is -0.322 e. The summed E-state index contributed by atoms with van der Waals surface area (Å²) in [5.41, 5.74) is 2.56. The van der Waals surface area contributed by atoms with Crippen LogP contribution in [0.15, 0.2) is 47.5 Å². The highest BCUT2D eigenvalue weighted by Gasteiger charge is 2.08. The topological polar surface area (TPSA) is 58.5 Å². The van der Waals surface area contributed by atoms with Crippen molar-refractivity contribution in [3.05, 3.63) is 59.2 Å². The first-order valence-corrected chi connectivity index (χ1v) is 6.29. The van der Waals surface area contributed by atoms with E-state index in [0.717, 1.165) is 5.56 Å². The second-order valence-electron chi connectivity index (χ2n) is 4.49. The molecule has 1 N–H and O–H groups in total. The number of aryl methyl sites for hydroxylation is 1. The summed E-state index contributed by atoms with van der Waals surface area (Å²) in [4.78, 5) is 26.0. The average Bonchev–Trinajstić information content (AvgIpc) is 2.51. The number of hydrogen-bond donors (Lipinski definition) is 1. The zero-order valence-corrected chi connectivity index (χ0v) is 11.4. The number of aliphatic imine (C=N–C) groups is 1. The van der Waals surface area contributed by atoms with E-state index in [1.54, 1.807) is 43.3 Å². The van der Waals surface area contributed by atoms with Crippen molar-refractivity contribution in [3.63, 3.8) is 0 Å². The Morgan fingerprint density at radius 1 is 1.29 bits per heavy atom. The summed E-state index contributed by atoms with van der Waals surface area (Å²) < 4.78 is 12.6. The molecule has 4 nitrogen and oxygen atoms in total. The summed E-state index contributed by atoms with van der Waals surface area (Å²) in [5.74, 6) is -0.352. The Morgan fingerprint density at radius 2 is 2.10 bits per heavy atom. The fourth-order valence-corrected chi connectivity index (χ4v) is 1.86. The van der Waals surface area contributed by atoms with E-state index >= 15 is 0 Å². The standard InChI is InChI=1S/C16H13FN2O2/c1-11-5-6-14(8-15(11)18-10-20)19-16(21)13-4-2-3-12(7-13)9-17/h2-8H,9H2,1H3,(H,19,21). The van der Waals surface area contributed by atoms with Gasteiger partial charge >= 0.3 is 0 Å². The summed E-state index contributed by atoms with van der Waals surface area (Å²) in [5, 5.41) is 2.68. The molecule has 21 heavy (non-hydrogen) atoms. The van der Waals surface area contributed by atoms with Crippen LogP contribution in [-0.2, 0) is 11.5 Å². The van der Waals surface area contributed by atoms with Crippen LogP contribution in [0.3, 0.4) is 0 Å². The van der Waals surface area contributed by atoms with Crippen LogP contribution in [0.25, 0.3) is 0 Å². The van der Waals surface area contributed by atoms with Crippen molar-refractivity contribution in [2.24, 2.45) is 4.99 Å². The van der Waals surface area contributed by atoms with E-state index in [4.69, 9.17) is 0 Å². The lowest BCUT2D eigenvalue weighted by Crippen LogP contribution is -2.12. The number of nitrogens with one attached hydrogen (secondary N) is 1. The highest BCUT2D eigenvalue weighted by atomic mass is 19.1. The molecule has 5 heteroatoms. The fraction of sp³-hybridized carbons (Fsp3) is 0.125. The van der Waals surface area contributed by atoms with Gasteiger partial charge in [0.05, 0.1) is 5.69 Å². The zero-order chi connectivity index (χ0) is 15.2. The number of amides is 1. The zero-order valence-electron chi connectivity index (χ0n) is 11.4. The third-order valence-electron chi connectivity index (χ3n) is 2.98. The molecule has 0 aliphatic carbocycles. The lowest BCUT2D eigenvalue weighted by Gasteiger charge is -2.07. The number of benzene rings is 2. The van der Waals surface area contributed by atoms with Crippen LogP contribution >= 0.6 is 0 Å². The second kappa shape index (κ2) is 6.59. The van der Waals surface area contributed by atoms with Crippen molar-refractivity contribution in [2.45, 2.75) is 13.6 Å². The molecule has 0 radical (unpaired) electrons. The van der Waals surface area contributed by atoms with E-state index in [9.17, 15) is 14.0 Å². The van der Waals surface area contributed by atoms with Gasteiger partial charge in [-0.3, -0.25) is 4.79 Å². The molecule has 0 saturated heterocycles. The third-order valence-corrected chi connectivity index (χ3v) is 2.98.